The fourth-order valence-corrected chi connectivity index (χ4v) is 8.35. The lowest BCUT2D eigenvalue weighted by atomic mass is 9.51. The predicted molar refractivity (Wildman–Crippen MR) is 168 cm³/mol. The number of phenolic OH excluding ortho intramolecular Hbond substituents is 1. The van der Waals surface area contributed by atoms with Crippen LogP contribution in [0.25, 0.3) is 0 Å². The van der Waals surface area contributed by atoms with Crippen LogP contribution in [0.3, 0.4) is 0 Å². The summed E-state index contributed by atoms with van der Waals surface area (Å²) in [7, 11) is 0. The van der Waals surface area contributed by atoms with Crippen LogP contribution in [0, 0.1) is 32.7 Å². The minimum atomic E-state index is -5.02. The number of ether oxygens (including phenoxy) is 1. The molecule has 236 valence electrons. The number of hydrogen-bond acceptors (Lipinski definition) is 6. The summed E-state index contributed by atoms with van der Waals surface area (Å²) < 4.78 is 44.9. The standard InChI is InChI=1S/C34H26F3IN2O6/c1-33-25(30(43)40(32(33)45)18-5-3-2-4-6-18)16-23-21(28(33)24-15-20(11-14-26(24)41)46-34(35,36)37)12-13-22-27(23)31(44)39(29(22)42)19-9-7-17(38)8-10-19/h2-12,14-15,22-23,25,27-28,41H,13,16H2,1H3. The fraction of sp³-hybridized carbons (Fsp3) is 0.294. The average Bonchev–Trinajstić information content (AvgIpc) is 3.38. The van der Waals surface area contributed by atoms with Crippen molar-refractivity contribution >= 4 is 57.6 Å². The Hall–Kier alpha value is -4.20. The lowest BCUT2D eigenvalue weighted by molar-refractivity contribution is -0.274. The van der Waals surface area contributed by atoms with Crippen molar-refractivity contribution in [2.24, 2.45) is 29.1 Å². The van der Waals surface area contributed by atoms with Crippen molar-refractivity contribution in [3.05, 3.63) is 93.6 Å². The molecule has 2 heterocycles. The van der Waals surface area contributed by atoms with Crippen molar-refractivity contribution in [2.45, 2.75) is 32.0 Å². The van der Waals surface area contributed by atoms with Gasteiger partial charge in [0.25, 0.3) is 0 Å². The van der Waals surface area contributed by atoms with E-state index < -0.39 is 70.6 Å². The molecule has 3 fully saturated rings. The molecule has 1 saturated carbocycles. The van der Waals surface area contributed by atoms with E-state index in [1.807, 2.05) is 0 Å². The van der Waals surface area contributed by atoms with Crippen LogP contribution in [-0.4, -0.2) is 35.1 Å². The maximum Gasteiger partial charge on any atom is 0.573 e. The van der Waals surface area contributed by atoms with Crippen LogP contribution >= 0.6 is 22.6 Å². The van der Waals surface area contributed by atoms with Gasteiger partial charge in [-0.05, 0) is 103 Å². The highest BCUT2D eigenvalue weighted by Crippen LogP contribution is 2.64. The Bertz CT molecular complexity index is 1830. The number of fused-ring (bicyclic) bond motifs is 4. The molecule has 4 aliphatic rings. The topological polar surface area (TPSA) is 104 Å². The number of carbonyl (C=O) groups is 4. The molecule has 6 unspecified atom stereocenters. The third-order valence-electron chi connectivity index (χ3n) is 9.92. The Labute approximate surface area is 275 Å². The van der Waals surface area contributed by atoms with Gasteiger partial charge in [-0.1, -0.05) is 29.8 Å². The number of amides is 4. The first kappa shape index (κ1) is 30.5. The highest BCUT2D eigenvalue weighted by molar-refractivity contribution is 14.1. The van der Waals surface area contributed by atoms with Crippen LogP contribution in [-0.2, 0) is 19.2 Å². The van der Waals surface area contributed by atoms with Gasteiger partial charge in [0.2, 0.25) is 23.6 Å². The van der Waals surface area contributed by atoms with E-state index in [4.69, 9.17) is 0 Å². The van der Waals surface area contributed by atoms with Crippen molar-refractivity contribution in [1.82, 2.24) is 0 Å². The molecule has 2 aliphatic carbocycles. The van der Waals surface area contributed by atoms with Crippen LogP contribution in [0.2, 0.25) is 0 Å². The smallest absolute Gasteiger partial charge is 0.508 e. The number of anilines is 2. The number of alkyl halides is 3. The van der Waals surface area contributed by atoms with Crippen molar-refractivity contribution in [2.75, 3.05) is 9.80 Å². The minimum absolute atomic E-state index is 0.0361. The van der Waals surface area contributed by atoms with Crippen molar-refractivity contribution in [3.63, 3.8) is 0 Å². The third-order valence-corrected chi connectivity index (χ3v) is 10.6. The molecule has 0 aromatic heterocycles. The quantitative estimate of drug-likeness (QED) is 0.191. The number of phenols is 1. The number of para-hydroxylation sites is 1. The Morgan fingerprint density at radius 3 is 2.22 bits per heavy atom. The van der Waals surface area contributed by atoms with Crippen LogP contribution in [0.1, 0.15) is 31.2 Å². The first-order valence-electron chi connectivity index (χ1n) is 14.7. The monoisotopic (exact) mass is 742 g/mol. The molecule has 12 heteroatoms. The number of nitrogens with zero attached hydrogens (tertiary/aromatic N) is 2. The molecule has 0 radical (unpaired) electrons. The van der Waals surface area contributed by atoms with E-state index in [9.17, 15) is 37.5 Å². The first-order chi connectivity index (χ1) is 21.8. The maximum atomic E-state index is 14.4. The van der Waals surface area contributed by atoms with Crippen molar-refractivity contribution in [1.29, 1.82) is 0 Å². The first-order valence-corrected chi connectivity index (χ1v) is 15.7. The lowest BCUT2D eigenvalue weighted by Gasteiger charge is -2.49. The zero-order valence-electron chi connectivity index (χ0n) is 24.2. The summed E-state index contributed by atoms with van der Waals surface area (Å²) in [4.78, 5) is 58.7. The zero-order valence-corrected chi connectivity index (χ0v) is 26.4. The molecule has 0 spiro atoms. The van der Waals surface area contributed by atoms with Gasteiger partial charge in [0.1, 0.15) is 11.5 Å². The van der Waals surface area contributed by atoms with Gasteiger partial charge >= 0.3 is 6.36 Å². The SMILES string of the molecule is CC12C(=O)N(c3ccccc3)C(=O)C1CC1C(=CCC3C(=O)N(c4ccc(I)cc4)C(=O)C31)C2c1cc(OC(F)(F)F)ccc1O. The molecular weight excluding hydrogens is 716 g/mol. The van der Waals surface area contributed by atoms with Crippen LogP contribution in [0.5, 0.6) is 11.5 Å². The molecule has 0 bridgehead atoms. The van der Waals surface area contributed by atoms with Gasteiger partial charge in [-0.2, -0.15) is 0 Å². The van der Waals surface area contributed by atoms with Gasteiger partial charge in [-0.15, -0.1) is 13.2 Å². The Morgan fingerprint density at radius 1 is 0.870 bits per heavy atom. The highest BCUT2D eigenvalue weighted by Gasteiger charge is 2.68. The van der Waals surface area contributed by atoms with Gasteiger partial charge in [0.15, 0.2) is 0 Å². The van der Waals surface area contributed by atoms with Crippen LogP contribution < -0.4 is 14.5 Å². The molecule has 3 aromatic carbocycles. The van der Waals surface area contributed by atoms with E-state index in [0.717, 1.165) is 31.6 Å². The normalized spacial score (nSPS) is 29.0. The van der Waals surface area contributed by atoms with Crippen molar-refractivity contribution < 1.29 is 42.2 Å². The number of carbonyl (C=O) groups excluding carboxylic acids is 4. The number of halogens is 4. The average molecular weight is 742 g/mol. The number of imide groups is 2. The summed E-state index contributed by atoms with van der Waals surface area (Å²) in [6, 6.07) is 18.3. The Kier molecular flexibility index (Phi) is 7.07. The second kappa shape index (κ2) is 10.7. The second-order valence-electron chi connectivity index (χ2n) is 12.3. The third kappa shape index (κ3) is 4.55. The van der Waals surface area contributed by atoms with Crippen molar-refractivity contribution in [3.8, 4) is 11.5 Å². The summed E-state index contributed by atoms with van der Waals surface area (Å²) in [5, 5.41) is 11.1. The van der Waals surface area contributed by atoms with Gasteiger partial charge in [0, 0.05) is 15.1 Å². The summed E-state index contributed by atoms with van der Waals surface area (Å²) in [5.41, 5.74) is -0.303. The molecule has 8 nitrogen and oxygen atoms in total. The summed E-state index contributed by atoms with van der Waals surface area (Å²) >= 11 is 2.12. The van der Waals surface area contributed by atoms with E-state index in [1.54, 1.807) is 67.6 Å². The van der Waals surface area contributed by atoms with E-state index >= 15 is 0 Å². The zero-order chi connectivity index (χ0) is 32.7. The van der Waals surface area contributed by atoms with E-state index in [1.165, 1.54) is 0 Å². The molecule has 2 saturated heterocycles. The number of aromatic hydroxyl groups is 1. The van der Waals surface area contributed by atoms with E-state index in [0.29, 0.717) is 16.9 Å². The predicted octanol–water partition coefficient (Wildman–Crippen LogP) is 6.33. The Morgan fingerprint density at radius 2 is 1.54 bits per heavy atom. The fourth-order valence-electron chi connectivity index (χ4n) is 7.99. The summed E-state index contributed by atoms with van der Waals surface area (Å²) in [5.74, 6) is -7.31. The van der Waals surface area contributed by atoms with E-state index in [2.05, 4.69) is 27.3 Å². The van der Waals surface area contributed by atoms with Crippen LogP contribution in [0.15, 0.2) is 84.4 Å². The van der Waals surface area contributed by atoms with E-state index in [-0.39, 0.29) is 24.3 Å². The Balaban J connectivity index is 1.38. The van der Waals surface area contributed by atoms with Gasteiger partial charge in [-0.25, -0.2) is 4.90 Å². The minimum Gasteiger partial charge on any atom is -0.508 e. The highest BCUT2D eigenvalue weighted by atomic mass is 127. The molecule has 6 atom stereocenters. The lowest BCUT2D eigenvalue weighted by Crippen LogP contribution is -2.49. The molecular formula is C34H26F3IN2O6. The molecule has 4 amide bonds. The maximum absolute atomic E-state index is 14.4. The molecule has 3 aromatic rings. The number of rotatable bonds is 4. The number of hydrogen-bond donors (Lipinski definition) is 1. The summed E-state index contributed by atoms with van der Waals surface area (Å²) in [6.45, 7) is 1.59. The van der Waals surface area contributed by atoms with Gasteiger partial charge < -0.3 is 9.84 Å². The molecule has 1 N–H and O–H groups in total. The summed E-state index contributed by atoms with van der Waals surface area (Å²) in [6.07, 6.45) is -3.05. The molecule has 46 heavy (non-hydrogen) atoms. The molecule has 7 rings (SSSR count). The second-order valence-corrected chi connectivity index (χ2v) is 13.5. The van der Waals surface area contributed by atoms with Gasteiger partial charge in [-0.3, -0.25) is 24.1 Å². The number of benzene rings is 3. The largest absolute Gasteiger partial charge is 0.573 e. The molecule has 2 aliphatic heterocycles. The van der Waals surface area contributed by atoms with Gasteiger partial charge in [0.05, 0.1) is 34.5 Å². The number of allylic oxidation sites excluding steroid dienone is 2. The van der Waals surface area contributed by atoms with Crippen LogP contribution in [0.4, 0.5) is 24.5 Å².